The monoisotopic (exact) mass is 794 g/mol. The van der Waals surface area contributed by atoms with Crippen molar-refractivity contribution in [3.05, 3.63) is 0 Å². The third-order valence-electron chi connectivity index (χ3n) is 6.41. The average Bonchev–Trinajstić information content (AvgIpc) is 3.38. The second kappa shape index (κ2) is 19.6. The highest BCUT2D eigenvalue weighted by Gasteiger charge is 2.55. The summed E-state index contributed by atoms with van der Waals surface area (Å²) in [6.45, 7) is -3.21. The van der Waals surface area contributed by atoms with E-state index in [1.807, 2.05) is 0 Å². The molecule has 3 saturated heterocycles. The highest BCUT2D eigenvalue weighted by molar-refractivity contribution is 14.0. The first-order valence-electron chi connectivity index (χ1n) is 12.1. The van der Waals surface area contributed by atoms with E-state index in [2.05, 4.69) is 4.74 Å². The fourth-order valence-corrected chi connectivity index (χ4v) is 3.77. The Labute approximate surface area is 267 Å². The zero-order valence-electron chi connectivity index (χ0n) is 23.3. The number of methoxy groups -OCH3 is 2. The van der Waals surface area contributed by atoms with Gasteiger partial charge in [-0.3, -0.25) is 9.11 Å². The molecule has 0 aromatic heterocycles. The largest absolute Gasteiger partial charge is 0.394 e. The summed E-state index contributed by atoms with van der Waals surface area (Å²) < 4.78 is 55.7. The quantitative estimate of drug-likeness (QED) is 0.0840. The number of ether oxygens (including phenoxy) is 5. The molecule has 3 fully saturated rings. The molecule has 0 aromatic rings. The molecule has 24 heteroatoms. The summed E-state index contributed by atoms with van der Waals surface area (Å²) >= 11 is 0. The van der Waals surface area contributed by atoms with E-state index < -0.39 is 116 Å². The molecule has 0 aromatic carbocycles. The van der Waals surface area contributed by atoms with Crippen molar-refractivity contribution in [2.75, 3.05) is 53.9 Å². The van der Waals surface area contributed by atoms with Crippen LogP contribution in [0.3, 0.4) is 0 Å². The predicted octanol–water partition coefficient (Wildman–Crippen LogP) is -8.39. The lowest BCUT2D eigenvalue weighted by atomic mass is 9.98. The van der Waals surface area contributed by atoms with Crippen molar-refractivity contribution in [2.24, 2.45) is 0 Å². The van der Waals surface area contributed by atoms with Gasteiger partial charge in [-0.1, -0.05) is 0 Å². The fraction of sp³-hybridized carbons (Fsp3) is 1.00. The Hall–Kier alpha value is -0.120. The van der Waals surface area contributed by atoms with Gasteiger partial charge >= 0.3 is 10.4 Å². The molecule has 12 atom stereocenters. The van der Waals surface area contributed by atoms with Crippen LogP contribution < -0.4 is 0 Å². The normalized spacial score (nSPS) is 41.6. The van der Waals surface area contributed by atoms with Crippen LogP contribution in [0.1, 0.15) is 0 Å². The van der Waals surface area contributed by atoms with E-state index in [1.165, 1.54) is 14.2 Å². The van der Waals surface area contributed by atoms with E-state index in [-0.39, 0.29) is 30.6 Å². The van der Waals surface area contributed by atoms with E-state index in [0.717, 1.165) is 0 Å². The van der Waals surface area contributed by atoms with Gasteiger partial charge in [0.1, 0.15) is 68.1 Å². The highest BCUT2D eigenvalue weighted by Crippen LogP contribution is 2.32. The smallest absolute Gasteiger partial charge is 0.394 e. The highest BCUT2D eigenvalue weighted by atomic mass is 127. The molecule has 0 spiro atoms. The van der Waals surface area contributed by atoms with Crippen molar-refractivity contribution in [1.82, 2.24) is 0 Å². The van der Waals surface area contributed by atoms with Gasteiger partial charge in [0.15, 0.2) is 0 Å². The number of rotatable bonds is 7. The van der Waals surface area contributed by atoms with E-state index in [4.69, 9.17) is 77.3 Å². The molecule has 0 amide bonds. The second-order valence-corrected chi connectivity index (χ2v) is 10.1. The summed E-state index contributed by atoms with van der Waals surface area (Å²) in [5.74, 6) is -5.40. The average molecular weight is 795 g/mol. The molecule has 44 heavy (non-hydrogen) atoms. The topological polar surface area (TPSA) is 384 Å². The van der Waals surface area contributed by atoms with Gasteiger partial charge in [0.2, 0.25) is 17.4 Å². The summed E-state index contributed by atoms with van der Waals surface area (Å²) in [7, 11) is -2.18. The van der Waals surface area contributed by atoms with Gasteiger partial charge < -0.3 is 90.1 Å². The molecule has 268 valence electrons. The van der Waals surface area contributed by atoms with Gasteiger partial charge in [0.05, 0.1) is 26.4 Å². The van der Waals surface area contributed by atoms with Crippen molar-refractivity contribution in [3.8, 4) is 0 Å². The predicted molar refractivity (Wildman–Crippen MR) is 147 cm³/mol. The molecular formula is C20H43IO22S. The van der Waals surface area contributed by atoms with E-state index >= 15 is 0 Å². The number of halogens is 1. The molecule has 15 N–H and O–H groups in total. The Kier molecular flexibility index (Phi) is 20.5. The molecule has 3 aliphatic rings. The van der Waals surface area contributed by atoms with E-state index in [1.54, 1.807) is 0 Å². The minimum Gasteiger partial charge on any atom is -0.394 e. The number of hydrogen-bond donors (Lipinski definition) is 15. The maximum atomic E-state index is 9.44. The maximum Gasteiger partial charge on any atom is 0.394 e. The Morgan fingerprint density at radius 3 is 1.23 bits per heavy atom. The van der Waals surface area contributed by atoms with Gasteiger partial charge in [-0.2, -0.15) is 8.42 Å². The Morgan fingerprint density at radius 1 is 0.682 bits per heavy atom. The molecule has 22 nitrogen and oxygen atoms in total. The molecule has 0 bridgehead atoms. The SMILES string of the molecule is CO[C@@]1(CO)O[C@H](CO)[C@@H](O)[C@@H]1O.CO[C@]1(CO)O[C@H](CO)[C@@H](O)[C@@H]1O.I.O=S(=O)(O)O.OC[C@@]1(O)OC[C@@H](O)[C@H](O)C1O. The zero-order valence-corrected chi connectivity index (χ0v) is 26.5. The van der Waals surface area contributed by atoms with Gasteiger partial charge in [-0.25, -0.2) is 0 Å². The number of hydrogen-bond acceptors (Lipinski definition) is 20. The maximum absolute atomic E-state index is 9.44. The fourth-order valence-electron chi connectivity index (χ4n) is 3.77. The van der Waals surface area contributed by atoms with Crippen molar-refractivity contribution < 1.29 is 108 Å². The van der Waals surface area contributed by atoms with Gasteiger partial charge in [-0.15, -0.1) is 24.0 Å². The summed E-state index contributed by atoms with van der Waals surface area (Å²) in [5, 5.41) is 118. The first-order valence-corrected chi connectivity index (χ1v) is 13.5. The molecule has 1 unspecified atom stereocenters. The van der Waals surface area contributed by atoms with E-state index in [0.29, 0.717) is 0 Å². The summed E-state index contributed by atoms with van der Waals surface area (Å²) in [4.78, 5) is 0. The van der Waals surface area contributed by atoms with Crippen LogP contribution in [0, 0.1) is 0 Å². The lowest BCUT2D eigenvalue weighted by molar-refractivity contribution is -0.331. The van der Waals surface area contributed by atoms with Crippen LogP contribution in [0.5, 0.6) is 0 Å². The third-order valence-corrected chi connectivity index (χ3v) is 6.41. The number of aliphatic hydroxyl groups is 13. The van der Waals surface area contributed by atoms with Gasteiger partial charge in [0, 0.05) is 14.2 Å². The standard InChI is InChI=1S/2C7H14O6.C6H12O6.HI.H2O4S/c2*1-12-7(3-9)6(11)5(10)4(2-8)13-7;7-2-6(11)5(10)4(9)3(8)1-12-6;;1-5(2,3)4/h2*4-6,8-11H,2-3H2,1H3;3-5,7-11H,1-2H2;1H;(H2,1,2,3,4)/t4-,5-,6+,7+;4-,5-,6+,7-;3-,4+,5?,6-;;/m111../s1. The first-order chi connectivity index (χ1) is 19.7. The summed E-state index contributed by atoms with van der Waals surface area (Å²) in [5.41, 5.74) is 0. The molecule has 0 saturated carbocycles. The van der Waals surface area contributed by atoms with Crippen LogP contribution in [0.4, 0.5) is 0 Å². The van der Waals surface area contributed by atoms with Gasteiger partial charge in [-0.05, 0) is 0 Å². The van der Waals surface area contributed by atoms with Crippen molar-refractivity contribution in [1.29, 1.82) is 0 Å². The molecular weight excluding hydrogens is 751 g/mol. The molecule has 0 aliphatic carbocycles. The Balaban J connectivity index is 0. The van der Waals surface area contributed by atoms with Crippen LogP contribution in [0.15, 0.2) is 0 Å². The van der Waals surface area contributed by atoms with Crippen molar-refractivity contribution in [3.63, 3.8) is 0 Å². The van der Waals surface area contributed by atoms with Gasteiger partial charge in [0.25, 0.3) is 0 Å². The van der Waals surface area contributed by atoms with Crippen LogP contribution in [-0.4, -0.2) is 210 Å². The lowest BCUT2D eigenvalue weighted by Crippen LogP contribution is -2.62. The Bertz CT molecular complexity index is 845. The molecule has 3 rings (SSSR count). The summed E-state index contributed by atoms with van der Waals surface area (Å²) in [6, 6.07) is 0. The van der Waals surface area contributed by atoms with Crippen molar-refractivity contribution >= 4 is 34.4 Å². The minimum atomic E-state index is -4.67. The molecule has 3 heterocycles. The first kappa shape index (κ1) is 46.0. The van der Waals surface area contributed by atoms with Crippen LogP contribution in [-0.2, 0) is 34.1 Å². The zero-order chi connectivity index (χ0) is 34.0. The van der Waals surface area contributed by atoms with Crippen LogP contribution in [0.25, 0.3) is 0 Å². The van der Waals surface area contributed by atoms with Crippen LogP contribution >= 0.6 is 24.0 Å². The van der Waals surface area contributed by atoms with E-state index in [9.17, 15) is 25.5 Å². The van der Waals surface area contributed by atoms with Crippen LogP contribution in [0.2, 0.25) is 0 Å². The Morgan fingerprint density at radius 2 is 1.02 bits per heavy atom. The number of aliphatic hydroxyl groups excluding tert-OH is 12. The summed E-state index contributed by atoms with van der Waals surface area (Å²) in [6.07, 6.45) is -11.5. The second-order valence-electron chi connectivity index (χ2n) is 9.16. The minimum absolute atomic E-state index is 0. The third kappa shape index (κ3) is 11.8. The lowest BCUT2D eigenvalue weighted by Gasteiger charge is -2.40. The molecule has 0 radical (unpaired) electrons. The molecule has 3 aliphatic heterocycles. The van der Waals surface area contributed by atoms with Crippen molar-refractivity contribution in [2.45, 2.75) is 72.3 Å².